The van der Waals surface area contributed by atoms with Crippen LogP contribution in [0.1, 0.15) is 37.0 Å². The van der Waals surface area contributed by atoms with Crippen LogP contribution in [-0.2, 0) is 4.84 Å². The zero-order valence-corrected chi connectivity index (χ0v) is 19.0. The number of nitrogens with zero attached hydrogens (tertiary/aromatic N) is 1. The first-order chi connectivity index (χ1) is 15.1. The summed E-state index contributed by atoms with van der Waals surface area (Å²) in [5.74, 6) is 8.42. The Balaban J connectivity index is 1.83. The van der Waals surface area contributed by atoms with E-state index >= 15 is 0 Å². The fourth-order valence-corrected chi connectivity index (χ4v) is 2.97. The summed E-state index contributed by atoms with van der Waals surface area (Å²) < 4.78 is 17.2. The van der Waals surface area contributed by atoms with Crippen molar-refractivity contribution < 1.29 is 19.0 Å². The number of hydrogen-bond donors (Lipinski definition) is 0. The van der Waals surface area contributed by atoms with Crippen LogP contribution in [0.4, 0.5) is 0 Å². The smallest absolute Gasteiger partial charge is 0.149 e. The van der Waals surface area contributed by atoms with Crippen molar-refractivity contribution in [2.75, 3.05) is 26.9 Å². The number of benzene rings is 2. The van der Waals surface area contributed by atoms with E-state index in [1.807, 2.05) is 76.2 Å². The van der Waals surface area contributed by atoms with Gasteiger partial charge in [-0.1, -0.05) is 36.1 Å². The van der Waals surface area contributed by atoms with Gasteiger partial charge in [0.15, 0.2) is 0 Å². The summed E-state index contributed by atoms with van der Waals surface area (Å²) >= 11 is 0. The number of rotatable bonds is 10. The zero-order valence-electron chi connectivity index (χ0n) is 19.0. The van der Waals surface area contributed by atoms with E-state index in [-0.39, 0.29) is 0 Å². The van der Waals surface area contributed by atoms with E-state index in [2.05, 4.69) is 17.0 Å². The second-order valence-corrected chi connectivity index (χ2v) is 6.80. The number of allylic oxidation sites excluding steroid dienone is 1. The van der Waals surface area contributed by atoms with Gasteiger partial charge in [0.1, 0.15) is 44.2 Å². The van der Waals surface area contributed by atoms with E-state index in [0.29, 0.717) is 19.8 Å². The molecule has 0 atom stereocenters. The topological polar surface area (TPSA) is 49.3 Å². The molecule has 5 nitrogen and oxygen atoms in total. The van der Waals surface area contributed by atoms with Crippen molar-refractivity contribution in [2.45, 2.75) is 34.1 Å². The number of hydrogen-bond acceptors (Lipinski definition) is 5. The van der Waals surface area contributed by atoms with Crippen LogP contribution in [0.25, 0.3) is 0 Å². The molecule has 0 amide bonds. The van der Waals surface area contributed by atoms with Crippen LogP contribution >= 0.6 is 0 Å². The van der Waals surface area contributed by atoms with Crippen molar-refractivity contribution in [1.29, 1.82) is 0 Å². The van der Waals surface area contributed by atoms with Crippen molar-refractivity contribution in [1.82, 2.24) is 0 Å². The highest BCUT2D eigenvalue weighted by molar-refractivity contribution is 6.00. The Morgan fingerprint density at radius 2 is 1.58 bits per heavy atom. The third-order valence-corrected chi connectivity index (χ3v) is 4.46. The molecule has 2 aromatic rings. The average Bonchev–Trinajstić information content (AvgIpc) is 2.76. The molecule has 31 heavy (non-hydrogen) atoms. The Bertz CT molecular complexity index is 927. The Labute approximate surface area is 185 Å². The van der Waals surface area contributed by atoms with Gasteiger partial charge in [-0.05, 0) is 80.3 Å². The molecule has 0 unspecified atom stereocenters. The molecule has 0 bridgehead atoms. The van der Waals surface area contributed by atoms with Gasteiger partial charge in [-0.15, -0.1) is 0 Å². The van der Waals surface area contributed by atoms with Gasteiger partial charge < -0.3 is 19.0 Å². The Kier molecular flexibility index (Phi) is 10.0. The van der Waals surface area contributed by atoms with Crippen molar-refractivity contribution in [3.63, 3.8) is 0 Å². The van der Waals surface area contributed by atoms with Crippen LogP contribution in [0, 0.1) is 25.7 Å². The first-order valence-corrected chi connectivity index (χ1v) is 10.4. The molecule has 2 rings (SSSR count). The third kappa shape index (κ3) is 7.75. The van der Waals surface area contributed by atoms with Crippen LogP contribution in [0.5, 0.6) is 17.2 Å². The Morgan fingerprint density at radius 1 is 0.935 bits per heavy atom. The van der Waals surface area contributed by atoms with Gasteiger partial charge in [-0.25, -0.2) is 0 Å². The maximum atomic E-state index is 5.85. The standard InChI is InChI=1S/C26H31NO4/c1-6-8-15-30-24-18-20(3)26(21(4)19-24)31-17-10-9-16-29-23-13-11-22(12-14-23)25(7-2)27-28-5/h6,8,11-14,18-19H,7,15-17H2,1-5H3/b8-6+,27-25?. The number of aryl methyl sites for hydroxylation is 2. The molecule has 0 aliphatic rings. The quantitative estimate of drug-likeness (QED) is 0.221. The van der Waals surface area contributed by atoms with Gasteiger partial charge in [0.2, 0.25) is 0 Å². The molecule has 0 aliphatic heterocycles. The largest absolute Gasteiger partial charge is 0.490 e. The predicted octanol–water partition coefficient (Wildman–Crippen LogP) is 5.48. The van der Waals surface area contributed by atoms with Crippen molar-refractivity contribution in [2.24, 2.45) is 5.16 Å². The van der Waals surface area contributed by atoms with Gasteiger partial charge >= 0.3 is 0 Å². The Morgan fingerprint density at radius 3 is 2.16 bits per heavy atom. The van der Waals surface area contributed by atoms with E-state index in [4.69, 9.17) is 19.0 Å². The Hall–Kier alpha value is -3.39. The summed E-state index contributed by atoms with van der Waals surface area (Å²) in [6.45, 7) is 9.18. The first-order valence-electron chi connectivity index (χ1n) is 10.4. The molecule has 0 aliphatic carbocycles. The van der Waals surface area contributed by atoms with E-state index in [1.165, 1.54) is 0 Å². The molecular formula is C26H31NO4. The highest BCUT2D eigenvalue weighted by Gasteiger charge is 2.07. The van der Waals surface area contributed by atoms with Gasteiger partial charge in [0, 0.05) is 0 Å². The van der Waals surface area contributed by atoms with Crippen LogP contribution in [0.15, 0.2) is 53.7 Å². The summed E-state index contributed by atoms with van der Waals surface area (Å²) in [4.78, 5) is 4.87. The van der Waals surface area contributed by atoms with Gasteiger partial charge in [-0.3, -0.25) is 0 Å². The average molecular weight is 422 g/mol. The zero-order chi connectivity index (χ0) is 22.5. The molecule has 0 spiro atoms. The first kappa shape index (κ1) is 23.9. The molecule has 0 fully saturated rings. The lowest BCUT2D eigenvalue weighted by molar-refractivity contribution is 0.213. The molecule has 0 heterocycles. The minimum Gasteiger partial charge on any atom is -0.490 e. The van der Waals surface area contributed by atoms with Gasteiger partial charge in [-0.2, -0.15) is 0 Å². The maximum Gasteiger partial charge on any atom is 0.149 e. The lowest BCUT2D eigenvalue weighted by Gasteiger charge is -2.12. The van der Waals surface area contributed by atoms with Crippen molar-refractivity contribution in [3.05, 3.63) is 65.2 Å². The summed E-state index contributed by atoms with van der Waals surface area (Å²) in [6.07, 6.45) is 4.73. The summed E-state index contributed by atoms with van der Waals surface area (Å²) in [5.41, 5.74) is 3.96. The second kappa shape index (κ2) is 13.0. The molecule has 2 aromatic carbocycles. The second-order valence-electron chi connectivity index (χ2n) is 6.80. The van der Waals surface area contributed by atoms with Crippen LogP contribution in [0.2, 0.25) is 0 Å². The number of ether oxygens (including phenoxy) is 3. The monoisotopic (exact) mass is 421 g/mol. The van der Waals surface area contributed by atoms with Crippen LogP contribution < -0.4 is 14.2 Å². The molecule has 164 valence electrons. The molecule has 0 saturated carbocycles. The van der Waals surface area contributed by atoms with Crippen LogP contribution in [-0.4, -0.2) is 32.6 Å². The van der Waals surface area contributed by atoms with Crippen molar-refractivity contribution >= 4 is 5.71 Å². The van der Waals surface area contributed by atoms with E-state index in [1.54, 1.807) is 7.11 Å². The highest BCUT2D eigenvalue weighted by atomic mass is 16.6. The summed E-state index contributed by atoms with van der Waals surface area (Å²) in [7, 11) is 1.55. The minimum absolute atomic E-state index is 0.297. The molecule has 0 N–H and O–H groups in total. The van der Waals surface area contributed by atoms with E-state index in [9.17, 15) is 0 Å². The van der Waals surface area contributed by atoms with Crippen molar-refractivity contribution in [3.8, 4) is 29.1 Å². The molecule has 5 heteroatoms. The van der Waals surface area contributed by atoms with Gasteiger partial charge in [0.25, 0.3) is 0 Å². The summed E-state index contributed by atoms with van der Waals surface area (Å²) in [5, 5.41) is 4.03. The summed E-state index contributed by atoms with van der Waals surface area (Å²) in [6, 6.07) is 11.7. The fourth-order valence-electron chi connectivity index (χ4n) is 2.97. The molecule has 0 aromatic heterocycles. The lowest BCUT2D eigenvalue weighted by atomic mass is 10.1. The third-order valence-electron chi connectivity index (χ3n) is 4.46. The predicted molar refractivity (Wildman–Crippen MR) is 125 cm³/mol. The van der Waals surface area contributed by atoms with Crippen LogP contribution in [0.3, 0.4) is 0 Å². The SMILES string of the molecule is C/C=C/COc1cc(C)c(OCC#CCOc2ccc(C(CC)=NOC)cc2)c(C)c1. The van der Waals surface area contributed by atoms with Gasteiger partial charge in [0.05, 0.1) is 5.71 Å². The highest BCUT2D eigenvalue weighted by Crippen LogP contribution is 2.28. The minimum atomic E-state index is 0.297. The number of oxime groups is 1. The fraction of sp³-hybridized carbons (Fsp3) is 0.346. The lowest BCUT2D eigenvalue weighted by Crippen LogP contribution is -2.02. The molecule has 0 radical (unpaired) electrons. The molecule has 0 saturated heterocycles. The molecular weight excluding hydrogens is 390 g/mol. The maximum absolute atomic E-state index is 5.85. The normalized spacial score (nSPS) is 11.1. The van der Waals surface area contributed by atoms with E-state index < -0.39 is 0 Å². The van der Waals surface area contributed by atoms with E-state index in [0.717, 1.165) is 46.1 Å².